The van der Waals surface area contributed by atoms with Crippen LogP contribution in [0.25, 0.3) is 0 Å². The zero-order valence-corrected chi connectivity index (χ0v) is 16.4. The molecule has 0 aliphatic rings. The van der Waals surface area contributed by atoms with Crippen LogP contribution in [0.2, 0.25) is 0 Å². The van der Waals surface area contributed by atoms with Crippen LogP contribution in [-0.2, 0) is 21.2 Å². The van der Waals surface area contributed by atoms with Crippen molar-refractivity contribution >= 4 is 15.9 Å². The fourth-order valence-corrected chi connectivity index (χ4v) is 3.43. The Morgan fingerprint density at radius 2 is 1.54 bits per heavy atom. The van der Waals surface area contributed by atoms with Crippen molar-refractivity contribution in [3.8, 4) is 0 Å². The molecule has 0 fully saturated rings. The topological polar surface area (TPSA) is 75.3 Å². The van der Waals surface area contributed by atoms with Crippen molar-refractivity contribution in [2.75, 3.05) is 6.54 Å². The Bertz CT molecular complexity index is 651. The molecule has 1 amide bonds. The predicted molar refractivity (Wildman–Crippen MR) is 97.3 cm³/mol. The molecular weight excluding hydrogens is 324 g/mol. The van der Waals surface area contributed by atoms with Gasteiger partial charge in [0.15, 0.2) is 0 Å². The molecule has 5 nitrogen and oxygen atoms in total. The maximum atomic E-state index is 12.2. The average Bonchev–Trinajstić information content (AvgIpc) is 2.40. The summed E-state index contributed by atoms with van der Waals surface area (Å²) in [5, 5.41) is 2.91. The van der Waals surface area contributed by atoms with E-state index in [4.69, 9.17) is 0 Å². The van der Waals surface area contributed by atoms with E-state index in [1.54, 1.807) is 45.0 Å². The first-order valence-electron chi connectivity index (χ1n) is 8.18. The average molecular weight is 355 g/mol. The van der Waals surface area contributed by atoms with Crippen molar-refractivity contribution in [2.24, 2.45) is 5.41 Å². The maximum absolute atomic E-state index is 12.2. The molecule has 136 valence electrons. The van der Waals surface area contributed by atoms with Crippen LogP contribution in [0.1, 0.15) is 53.5 Å². The van der Waals surface area contributed by atoms with E-state index in [9.17, 15) is 13.2 Å². The van der Waals surface area contributed by atoms with Crippen molar-refractivity contribution in [3.05, 3.63) is 29.8 Å². The molecule has 24 heavy (non-hydrogen) atoms. The second kappa shape index (κ2) is 7.66. The molecule has 2 N–H and O–H groups in total. The number of aryl methyl sites for hydroxylation is 1. The fraction of sp³-hybridized carbons (Fsp3) is 0.611. The number of hydrogen-bond donors (Lipinski definition) is 2. The number of benzene rings is 1. The molecule has 0 heterocycles. The Morgan fingerprint density at radius 3 is 2.00 bits per heavy atom. The van der Waals surface area contributed by atoms with Crippen molar-refractivity contribution < 1.29 is 13.2 Å². The molecule has 1 rings (SSSR count). The van der Waals surface area contributed by atoms with Gasteiger partial charge in [0.25, 0.3) is 0 Å². The molecule has 0 unspecified atom stereocenters. The highest BCUT2D eigenvalue weighted by Gasteiger charge is 2.21. The number of hydrogen-bond acceptors (Lipinski definition) is 3. The molecule has 0 aromatic heterocycles. The summed E-state index contributed by atoms with van der Waals surface area (Å²) in [6, 6.07) is 6.68. The second-order valence-electron chi connectivity index (χ2n) is 8.34. The van der Waals surface area contributed by atoms with Crippen molar-refractivity contribution in [1.82, 2.24) is 10.0 Å². The van der Waals surface area contributed by atoms with Gasteiger partial charge in [-0.15, -0.1) is 0 Å². The highest BCUT2D eigenvalue weighted by Crippen LogP contribution is 2.15. The van der Waals surface area contributed by atoms with Gasteiger partial charge in [-0.25, -0.2) is 13.1 Å². The SMILES string of the molecule is CC(C)(C)CNC(=O)CCc1ccc(S(=O)(=O)NC(C)(C)C)cc1. The second-order valence-corrected chi connectivity index (χ2v) is 10.0. The Labute approximate surface area is 146 Å². The zero-order chi connectivity index (χ0) is 18.6. The molecule has 0 spiro atoms. The van der Waals surface area contributed by atoms with Crippen LogP contribution in [0.5, 0.6) is 0 Å². The lowest BCUT2D eigenvalue weighted by atomic mass is 9.97. The number of rotatable bonds is 6. The number of carbonyl (C=O) groups is 1. The van der Waals surface area contributed by atoms with Crippen LogP contribution >= 0.6 is 0 Å². The molecule has 0 aliphatic heterocycles. The summed E-state index contributed by atoms with van der Waals surface area (Å²) in [7, 11) is -3.52. The normalized spacial score (nSPS) is 12.9. The molecule has 0 bridgehead atoms. The van der Waals surface area contributed by atoms with E-state index in [1.165, 1.54) is 0 Å². The molecule has 0 saturated heterocycles. The van der Waals surface area contributed by atoms with Crippen LogP contribution in [-0.4, -0.2) is 26.4 Å². The Balaban J connectivity index is 2.61. The van der Waals surface area contributed by atoms with E-state index in [-0.39, 0.29) is 16.2 Å². The van der Waals surface area contributed by atoms with Gasteiger partial charge in [-0.1, -0.05) is 32.9 Å². The summed E-state index contributed by atoms with van der Waals surface area (Å²) in [4.78, 5) is 12.1. The molecule has 0 aliphatic carbocycles. The molecule has 0 saturated carbocycles. The van der Waals surface area contributed by atoms with Gasteiger partial charge in [0.2, 0.25) is 15.9 Å². The van der Waals surface area contributed by atoms with Crippen LogP contribution in [0.15, 0.2) is 29.2 Å². The molecule has 0 radical (unpaired) electrons. The van der Waals surface area contributed by atoms with Gasteiger partial charge < -0.3 is 5.32 Å². The Morgan fingerprint density at radius 1 is 1.00 bits per heavy atom. The van der Waals surface area contributed by atoms with Gasteiger partial charge in [0, 0.05) is 18.5 Å². The van der Waals surface area contributed by atoms with E-state index in [2.05, 4.69) is 30.8 Å². The smallest absolute Gasteiger partial charge is 0.241 e. The molecule has 1 aromatic carbocycles. The highest BCUT2D eigenvalue weighted by atomic mass is 32.2. The minimum absolute atomic E-state index is 0.0102. The third kappa shape index (κ3) is 7.93. The Kier molecular flexibility index (Phi) is 6.59. The third-order valence-corrected chi connectivity index (χ3v) is 4.90. The van der Waals surface area contributed by atoms with Crippen molar-refractivity contribution in [1.29, 1.82) is 0 Å². The van der Waals surface area contributed by atoms with Gasteiger partial charge in [-0.05, 0) is 50.3 Å². The van der Waals surface area contributed by atoms with E-state index < -0.39 is 15.6 Å². The molecule has 0 atom stereocenters. The van der Waals surface area contributed by atoms with Crippen LogP contribution in [0.4, 0.5) is 0 Å². The molecular formula is C18H30N2O3S. The molecule has 6 heteroatoms. The zero-order valence-electron chi connectivity index (χ0n) is 15.6. The lowest BCUT2D eigenvalue weighted by Gasteiger charge is -2.20. The van der Waals surface area contributed by atoms with Gasteiger partial charge in [-0.2, -0.15) is 0 Å². The summed E-state index contributed by atoms with van der Waals surface area (Å²) >= 11 is 0. The number of carbonyl (C=O) groups excluding carboxylic acids is 1. The van der Waals surface area contributed by atoms with Crippen molar-refractivity contribution in [2.45, 2.75) is 64.8 Å². The van der Waals surface area contributed by atoms with Gasteiger partial charge >= 0.3 is 0 Å². The van der Waals surface area contributed by atoms with Gasteiger partial charge in [0.1, 0.15) is 0 Å². The first kappa shape index (κ1) is 20.6. The lowest BCUT2D eigenvalue weighted by Crippen LogP contribution is -2.40. The standard InChI is InChI=1S/C18H30N2O3S/c1-17(2,3)13-19-16(21)12-9-14-7-10-15(11-8-14)24(22,23)20-18(4,5)6/h7-8,10-11,20H,9,12-13H2,1-6H3,(H,19,21). The van der Waals surface area contributed by atoms with E-state index in [0.29, 0.717) is 19.4 Å². The summed E-state index contributed by atoms with van der Waals surface area (Å²) in [6.07, 6.45) is 0.978. The summed E-state index contributed by atoms with van der Waals surface area (Å²) in [5.41, 5.74) is 0.476. The lowest BCUT2D eigenvalue weighted by molar-refractivity contribution is -0.121. The van der Waals surface area contributed by atoms with E-state index >= 15 is 0 Å². The summed E-state index contributed by atoms with van der Waals surface area (Å²) in [5.74, 6) is 0.0102. The first-order valence-corrected chi connectivity index (χ1v) is 9.66. The fourth-order valence-electron chi connectivity index (χ4n) is 2.01. The maximum Gasteiger partial charge on any atom is 0.241 e. The number of amides is 1. The van der Waals surface area contributed by atoms with Crippen LogP contribution in [0, 0.1) is 5.41 Å². The third-order valence-electron chi connectivity index (χ3n) is 3.13. The van der Waals surface area contributed by atoms with Crippen LogP contribution < -0.4 is 10.0 Å². The monoisotopic (exact) mass is 354 g/mol. The number of sulfonamides is 1. The van der Waals surface area contributed by atoms with Crippen molar-refractivity contribution in [3.63, 3.8) is 0 Å². The van der Waals surface area contributed by atoms with E-state index in [1.807, 2.05) is 0 Å². The van der Waals surface area contributed by atoms with Gasteiger partial charge in [-0.3, -0.25) is 4.79 Å². The Hall–Kier alpha value is -1.40. The van der Waals surface area contributed by atoms with Gasteiger partial charge in [0.05, 0.1) is 4.90 Å². The highest BCUT2D eigenvalue weighted by molar-refractivity contribution is 7.89. The molecule has 1 aromatic rings. The summed E-state index contributed by atoms with van der Waals surface area (Å²) in [6.45, 7) is 12.2. The first-order chi connectivity index (χ1) is 10.8. The quantitative estimate of drug-likeness (QED) is 0.825. The van der Waals surface area contributed by atoms with E-state index in [0.717, 1.165) is 5.56 Å². The largest absolute Gasteiger partial charge is 0.356 e. The predicted octanol–water partition coefficient (Wildman–Crippen LogP) is 2.86. The minimum Gasteiger partial charge on any atom is -0.356 e. The minimum atomic E-state index is -3.52. The summed E-state index contributed by atoms with van der Waals surface area (Å²) < 4.78 is 27.1. The van der Waals surface area contributed by atoms with Crippen LogP contribution in [0.3, 0.4) is 0 Å². The number of nitrogens with one attached hydrogen (secondary N) is 2.